The van der Waals surface area contributed by atoms with Crippen molar-refractivity contribution < 1.29 is 8.81 Å². The van der Waals surface area contributed by atoms with Gasteiger partial charge in [-0.05, 0) is 23.8 Å². The molecule has 0 radical (unpaired) electrons. The molecule has 0 bridgehead atoms. The smallest absolute Gasteiger partial charge is 0.251 e. The highest BCUT2D eigenvalue weighted by molar-refractivity contribution is 5.78. The highest BCUT2D eigenvalue weighted by Crippen LogP contribution is 2.29. The summed E-state index contributed by atoms with van der Waals surface area (Å²) in [6, 6.07) is 6.60. The maximum absolute atomic E-state index is 12.4. The van der Waals surface area contributed by atoms with Gasteiger partial charge in [-0.2, -0.15) is 0 Å². The van der Waals surface area contributed by atoms with Gasteiger partial charge in [0.1, 0.15) is 12.4 Å². The molecular weight excluding hydrogens is 287 g/mol. The second kappa shape index (κ2) is 5.80. The van der Waals surface area contributed by atoms with E-state index in [1.807, 2.05) is 0 Å². The molecule has 2 N–H and O–H groups in total. The van der Waals surface area contributed by atoms with Crippen molar-refractivity contribution in [2.24, 2.45) is 0 Å². The second-order valence-corrected chi connectivity index (χ2v) is 4.60. The largest absolute Gasteiger partial charge is 0.463 e. The van der Waals surface area contributed by atoms with Crippen molar-refractivity contribution in [1.82, 2.24) is 14.5 Å². The summed E-state index contributed by atoms with van der Waals surface area (Å²) >= 11 is 0. The van der Waals surface area contributed by atoms with Crippen LogP contribution in [0.25, 0.3) is 22.6 Å². The Morgan fingerprint density at radius 2 is 2.23 bits per heavy atom. The molecule has 0 aliphatic carbocycles. The first-order valence-electron chi connectivity index (χ1n) is 6.62. The van der Waals surface area contributed by atoms with Crippen LogP contribution in [0.1, 0.15) is 0 Å². The summed E-state index contributed by atoms with van der Waals surface area (Å²) < 4.78 is 19.0. The Labute approximate surface area is 125 Å². The van der Waals surface area contributed by atoms with Crippen LogP contribution in [-0.4, -0.2) is 21.2 Å². The van der Waals surface area contributed by atoms with Crippen molar-refractivity contribution in [3.8, 4) is 22.6 Å². The molecule has 22 heavy (non-hydrogen) atoms. The molecular formula is C15H13FN4O2. The molecule has 0 unspecified atom stereocenters. The number of hydrogen-bond acceptors (Lipinski definition) is 5. The molecule has 112 valence electrons. The second-order valence-electron chi connectivity index (χ2n) is 4.60. The number of rotatable bonds is 4. The van der Waals surface area contributed by atoms with Crippen LogP contribution >= 0.6 is 0 Å². The Morgan fingerprint density at radius 1 is 1.36 bits per heavy atom. The third kappa shape index (κ3) is 2.60. The van der Waals surface area contributed by atoms with Gasteiger partial charge in [-0.15, -0.1) is 0 Å². The zero-order valence-electron chi connectivity index (χ0n) is 11.6. The van der Waals surface area contributed by atoms with Crippen molar-refractivity contribution in [1.29, 1.82) is 0 Å². The van der Waals surface area contributed by atoms with Gasteiger partial charge in [0, 0.05) is 24.0 Å². The van der Waals surface area contributed by atoms with Crippen LogP contribution in [-0.2, 0) is 6.54 Å². The summed E-state index contributed by atoms with van der Waals surface area (Å²) in [5.41, 5.74) is 7.08. The summed E-state index contributed by atoms with van der Waals surface area (Å²) in [7, 11) is 0. The number of nitrogens with zero attached hydrogens (tertiary/aromatic N) is 3. The normalized spacial score (nSPS) is 10.8. The number of pyridine rings is 1. The number of aromatic nitrogens is 3. The molecule has 0 amide bonds. The van der Waals surface area contributed by atoms with E-state index in [9.17, 15) is 9.18 Å². The van der Waals surface area contributed by atoms with Crippen molar-refractivity contribution in [2.75, 3.05) is 12.4 Å². The molecule has 0 spiro atoms. The number of anilines is 1. The Hall–Kier alpha value is -2.96. The van der Waals surface area contributed by atoms with Crippen LogP contribution in [0.3, 0.4) is 0 Å². The van der Waals surface area contributed by atoms with Crippen LogP contribution in [0.15, 0.2) is 52.1 Å². The Bertz CT molecular complexity index is 843. The van der Waals surface area contributed by atoms with E-state index in [-0.39, 0.29) is 18.1 Å². The van der Waals surface area contributed by atoms with E-state index < -0.39 is 6.67 Å². The number of nitrogens with two attached hydrogens (primary N) is 1. The number of halogens is 1. The van der Waals surface area contributed by atoms with E-state index in [0.717, 1.165) is 0 Å². The van der Waals surface area contributed by atoms with Gasteiger partial charge in [0.25, 0.3) is 5.56 Å². The van der Waals surface area contributed by atoms with Crippen molar-refractivity contribution >= 4 is 5.95 Å². The maximum Gasteiger partial charge on any atom is 0.251 e. The summed E-state index contributed by atoms with van der Waals surface area (Å²) in [4.78, 5) is 20.1. The molecule has 0 saturated carbocycles. The molecule has 0 fully saturated rings. The molecule has 6 nitrogen and oxygen atoms in total. The van der Waals surface area contributed by atoms with Gasteiger partial charge in [0.05, 0.1) is 12.8 Å². The first kappa shape index (κ1) is 14.0. The van der Waals surface area contributed by atoms with E-state index in [0.29, 0.717) is 22.6 Å². The monoisotopic (exact) mass is 300 g/mol. The fourth-order valence-electron chi connectivity index (χ4n) is 2.16. The average Bonchev–Trinajstić information content (AvgIpc) is 3.04. The van der Waals surface area contributed by atoms with Gasteiger partial charge < -0.3 is 14.7 Å². The fraction of sp³-hybridized carbons (Fsp3) is 0.133. The van der Waals surface area contributed by atoms with Gasteiger partial charge in [0.2, 0.25) is 5.95 Å². The lowest BCUT2D eigenvalue weighted by atomic mass is 10.1. The predicted molar refractivity (Wildman–Crippen MR) is 79.8 cm³/mol. The minimum absolute atomic E-state index is 0.0302. The standard InChI is InChI=1S/C15H13FN4O2/c16-4-6-20-5-3-10(8-13(20)21)11-9-18-15(17)19-14(11)12-2-1-7-22-12/h1-3,5,7-9H,4,6H2,(H2,17,18,19). The first-order valence-corrected chi connectivity index (χ1v) is 6.62. The number of aryl methyl sites for hydroxylation is 1. The van der Waals surface area contributed by atoms with Crippen LogP contribution in [0.5, 0.6) is 0 Å². The van der Waals surface area contributed by atoms with Gasteiger partial charge in [0.15, 0.2) is 5.76 Å². The molecule has 0 saturated heterocycles. The summed E-state index contributed by atoms with van der Waals surface area (Å²) in [6.45, 7) is -0.565. The molecule has 3 heterocycles. The van der Waals surface area contributed by atoms with Crippen molar-refractivity contribution in [3.05, 3.63) is 53.3 Å². The molecule has 0 aliphatic heterocycles. The van der Waals surface area contributed by atoms with E-state index in [1.165, 1.54) is 23.1 Å². The van der Waals surface area contributed by atoms with Crippen molar-refractivity contribution in [2.45, 2.75) is 6.54 Å². The van der Waals surface area contributed by atoms with E-state index in [1.54, 1.807) is 24.4 Å². The van der Waals surface area contributed by atoms with E-state index in [4.69, 9.17) is 10.2 Å². The molecule has 7 heteroatoms. The maximum atomic E-state index is 12.4. The van der Waals surface area contributed by atoms with Gasteiger partial charge in [-0.1, -0.05) is 0 Å². The number of alkyl halides is 1. The lowest BCUT2D eigenvalue weighted by molar-refractivity contribution is 0.440. The highest BCUT2D eigenvalue weighted by atomic mass is 19.1. The average molecular weight is 300 g/mol. The van der Waals surface area contributed by atoms with Gasteiger partial charge in [-0.25, -0.2) is 14.4 Å². The number of hydrogen-bond donors (Lipinski definition) is 1. The third-order valence-electron chi connectivity index (χ3n) is 3.19. The van der Waals surface area contributed by atoms with Gasteiger partial charge >= 0.3 is 0 Å². The Kier molecular flexibility index (Phi) is 3.69. The summed E-state index contributed by atoms with van der Waals surface area (Å²) in [5.74, 6) is 0.637. The molecule has 3 rings (SSSR count). The van der Waals surface area contributed by atoms with Gasteiger partial charge in [-0.3, -0.25) is 4.79 Å². The SMILES string of the molecule is Nc1ncc(-c2ccn(CCF)c(=O)c2)c(-c2ccco2)n1. The minimum atomic E-state index is -0.595. The molecule has 3 aromatic rings. The first-order chi connectivity index (χ1) is 10.7. The molecule has 0 atom stereocenters. The van der Waals surface area contributed by atoms with Crippen LogP contribution in [0, 0.1) is 0 Å². The van der Waals surface area contributed by atoms with Crippen LogP contribution in [0.2, 0.25) is 0 Å². The highest BCUT2D eigenvalue weighted by Gasteiger charge is 2.13. The summed E-state index contributed by atoms with van der Waals surface area (Å²) in [6.07, 6.45) is 4.60. The van der Waals surface area contributed by atoms with E-state index >= 15 is 0 Å². The predicted octanol–water partition coefficient (Wildman–Crippen LogP) is 2.12. The lowest BCUT2D eigenvalue weighted by Gasteiger charge is -2.08. The van der Waals surface area contributed by atoms with E-state index in [2.05, 4.69) is 9.97 Å². The molecule has 0 aromatic carbocycles. The quantitative estimate of drug-likeness (QED) is 0.797. The zero-order chi connectivity index (χ0) is 15.5. The Morgan fingerprint density at radius 3 is 2.91 bits per heavy atom. The molecule has 3 aromatic heterocycles. The minimum Gasteiger partial charge on any atom is -0.463 e. The van der Waals surface area contributed by atoms with Crippen molar-refractivity contribution in [3.63, 3.8) is 0 Å². The fourth-order valence-corrected chi connectivity index (χ4v) is 2.16. The Balaban J connectivity index is 2.13. The third-order valence-corrected chi connectivity index (χ3v) is 3.19. The number of furan rings is 1. The number of nitrogen functional groups attached to an aromatic ring is 1. The topological polar surface area (TPSA) is 86.9 Å². The molecule has 0 aliphatic rings. The lowest BCUT2D eigenvalue weighted by Crippen LogP contribution is -2.19. The summed E-state index contributed by atoms with van der Waals surface area (Å²) in [5, 5.41) is 0. The van der Waals surface area contributed by atoms with Crippen LogP contribution < -0.4 is 11.3 Å². The zero-order valence-corrected chi connectivity index (χ0v) is 11.6. The van der Waals surface area contributed by atoms with Crippen LogP contribution in [0.4, 0.5) is 10.3 Å².